The topological polar surface area (TPSA) is 62.5 Å². The van der Waals surface area contributed by atoms with E-state index in [9.17, 15) is 18.7 Å². The summed E-state index contributed by atoms with van der Waals surface area (Å²) in [6, 6.07) is 6.55. The van der Waals surface area contributed by atoms with Gasteiger partial charge in [-0.1, -0.05) is 6.07 Å². The molecule has 1 aromatic heterocycles. The summed E-state index contributed by atoms with van der Waals surface area (Å²) >= 11 is 0. The molecule has 2 N–H and O–H groups in total. The summed E-state index contributed by atoms with van der Waals surface area (Å²) in [4.78, 5) is 12.1. The van der Waals surface area contributed by atoms with E-state index in [-0.39, 0.29) is 29.9 Å². The highest BCUT2D eigenvalue weighted by Crippen LogP contribution is 2.47. The maximum atomic E-state index is 13.8. The minimum absolute atomic E-state index is 0.0532. The Morgan fingerprint density at radius 2 is 2.22 bits per heavy atom. The van der Waals surface area contributed by atoms with E-state index in [2.05, 4.69) is 5.32 Å². The van der Waals surface area contributed by atoms with Gasteiger partial charge < -0.3 is 14.8 Å². The summed E-state index contributed by atoms with van der Waals surface area (Å²) in [5.74, 6) is -1.15. The second-order valence-corrected chi connectivity index (χ2v) is 6.08. The van der Waals surface area contributed by atoms with Gasteiger partial charge in [0.25, 0.3) is 0 Å². The molecule has 3 rings (SSSR count). The molecule has 1 heterocycles. The van der Waals surface area contributed by atoms with Crippen molar-refractivity contribution in [3.05, 3.63) is 59.6 Å². The number of nitrogens with one attached hydrogen (secondary N) is 1. The van der Waals surface area contributed by atoms with Crippen molar-refractivity contribution in [2.45, 2.75) is 24.9 Å². The number of benzene rings is 1. The highest BCUT2D eigenvalue weighted by Gasteiger charge is 2.46. The summed E-state index contributed by atoms with van der Waals surface area (Å²) in [6.07, 6.45) is 2.25. The third-order valence-electron chi connectivity index (χ3n) is 4.15. The molecule has 1 amide bonds. The molecule has 0 spiro atoms. The molecule has 0 aliphatic heterocycles. The Morgan fingerprint density at radius 3 is 2.87 bits per heavy atom. The molecule has 23 heavy (non-hydrogen) atoms. The Bertz CT molecular complexity index is 713. The fourth-order valence-electron chi connectivity index (χ4n) is 2.71. The van der Waals surface area contributed by atoms with Gasteiger partial charge in [-0.15, -0.1) is 0 Å². The van der Waals surface area contributed by atoms with Gasteiger partial charge in [-0.25, -0.2) is 8.78 Å². The zero-order valence-electron chi connectivity index (χ0n) is 12.6. The smallest absolute Gasteiger partial charge is 0.223 e. The quantitative estimate of drug-likeness (QED) is 0.890. The van der Waals surface area contributed by atoms with Gasteiger partial charge in [0, 0.05) is 23.5 Å². The second kappa shape index (κ2) is 5.77. The number of furan rings is 1. The summed E-state index contributed by atoms with van der Waals surface area (Å²) < 4.78 is 32.0. The molecule has 1 saturated carbocycles. The molecule has 3 atom stereocenters. The van der Waals surface area contributed by atoms with Gasteiger partial charge >= 0.3 is 0 Å². The van der Waals surface area contributed by atoms with Crippen LogP contribution in [0.1, 0.15) is 30.6 Å². The van der Waals surface area contributed by atoms with Gasteiger partial charge in [0.2, 0.25) is 5.91 Å². The lowest BCUT2D eigenvalue weighted by Crippen LogP contribution is -2.40. The molecular weight excluding hydrogens is 304 g/mol. The molecular formula is C17H17F2NO3. The van der Waals surface area contributed by atoms with E-state index in [0.717, 1.165) is 11.8 Å². The Morgan fingerprint density at radius 1 is 1.43 bits per heavy atom. The van der Waals surface area contributed by atoms with Crippen molar-refractivity contribution in [3.8, 4) is 0 Å². The maximum Gasteiger partial charge on any atom is 0.223 e. The monoisotopic (exact) mass is 321 g/mol. The minimum atomic E-state index is -1.62. The van der Waals surface area contributed by atoms with Crippen LogP contribution in [0.5, 0.6) is 0 Å². The second-order valence-electron chi connectivity index (χ2n) is 6.08. The van der Waals surface area contributed by atoms with E-state index < -0.39 is 17.2 Å². The molecule has 0 radical (unpaired) electrons. The van der Waals surface area contributed by atoms with Crippen molar-refractivity contribution in [1.82, 2.24) is 5.32 Å². The third kappa shape index (κ3) is 3.27. The average molecular weight is 321 g/mol. The normalized spacial score (nSPS) is 22.4. The summed E-state index contributed by atoms with van der Waals surface area (Å²) in [7, 11) is 0. The van der Waals surface area contributed by atoms with E-state index in [1.54, 1.807) is 12.3 Å². The van der Waals surface area contributed by atoms with Crippen molar-refractivity contribution in [1.29, 1.82) is 0 Å². The molecule has 3 unspecified atom stereocenters. The van der Waals surface area contributed by atoms with Crippen LogP contribution < -0.4 is 5.32 Å². The van der Waals surface area contributed by atoms with Crippen LogP contribution in [-0.4, -0.2) is 17.6 Å². The van der Waals surface area contributed by atoms with Crippen LogP contribution in [0.2, 0.25) is 0 Å². The number of hydrogen-bond donors (Lipinski definition) is 2. The van der Waals surface area contributed by atoms with E-state index in [4.69, 9.17) is 4.42 Å². The molecule has 4 nitrogen and oxygen atoms in total. The SMILES string of the molecule is CC(O)(CNC(=O)C1CC1c1ccco1)c1ccc(F)cc1F. The van der Waals surface area contributed by atoms with Crippen LogP contribution in [0.3, 0.4) is 0 Å². The highest BCUT2D eigenvalue weighted by atomic mass is 19.1. The number of amides is 1. The van der Waals surface area contributed by atoms with Crippen molar-refractivity contribution in [2.75, 3.05) is 6.54 Å². The van der Waals surface area contributed by atoms with Crippen LogP contribution in [0, 0.1) is 17.6 Å². The van der Waals surface area contributed by atoms with E-state index in [0.29, 0.717) is 12.5 Å². The lowest BCUT2D eigenvalue weighted by atomic mass is 9.95. The van der Waals surface area contributed by atoms with E-state index >= 15 is 0 Å². The van der Waals surface area contributed by atoms with Crippen molar-refractivity contribution < 1.29 is 23.1 Å². The average Bonchev–Trinajstić information content (AvgIpc) is 3.10. The lowest BCUT2D eigenvalue weighted by Gasteiger charge is -2.24. The number of hydrogen-bond acceptors (Lipinski definition) is 3. The van der Waals surface area contributed by atoms with Crippen LogP contribution in [-0.2, 0) is 10.4 Å². The first-order chi connectivity index (χ1) is 10.9. The van der Waals surface area contributed by atoms with Crippen molar-refractivity contribution >= 4 is 5.91 Å². The third-order valence-corrected chi connectivity index (χ3v) is 4.15. The first kappa shape index (κ1) is 15.7. The summed E-state index contributed by atoms with van der Waals surface area (Å²) in [5.41, 5.74) is -1.68. The standard InChI is InChI=1S/C17H17F2NO3/c1-17(22,13-5-4-10(18)7-14(13)19)9-20-16(21)12-8-11(12)15-3-2-6-23-15/h2-7,11-12,22H,8-9H2,1H3,(H,20,21). The number of rotatable bonds is 5. The molecule has 122 valence electrons. The van der Waals surface area contributed by atoms with Gasteiger partial charge in [-0.3, -0.25) is 4.79 Å². The van der Waals surface area contributed by atoms with E-state index in [1.165, 1.54) is 13.0 Å². The number of aliphatic hydroxyl groups is 1. The summed E-state index contributed by atoms with van der Waals surface area (Å²) in [5, 5.41) is 13.0. The molecule has 1 aromatic carbocycles. The molecule has 2 aromatic rings. The Hall–Kier alpha value is -2.21. The van der Waals surface area contributed by atoms with Gasteiger partial charge in [-0.2, -0.15) is 0 Å². The van der Waals surface area contributed by atoms with E-state index in [1.807, 2.05) is 6.07 Å². The molecule has 0 saturated heterocycles. The maximum absolute atomic E-state index is 13.8. The van der Waals surface area contributed by atoms with Crippen LogP contribution in [0.15, 0.2) is 41.0 Å². The van der Waals surface area contributed by atoms with Gasteiger partial charge in [0.15, 0.2) is 0 Å². The Kier molecular flexibility index (Phi) is 3.93. The molecule has 1 aliphatic carbocycles. The fourth-order valence-corrected chi connectivity index (χ4v) is 2.71. The Labute approximate surface area is 132 Å². The molecule has 1 aliphatic rings. The minimum Gasteiger partial charge on any atom is -0.469 e. The first-order valence-corrected chi connectivity index (χ1v) is 7.37. The van der Waals surface area contributed by atoms with Crippen LogP contribution in [0.25, 0.3) is 0 Å². The zero-order chi connectivity index (χ0) is 16.6. The van der Waals surface area contributed by atoms with Gasteiger partial charge in [0.05, 0.1) is 12.8 Å². The molecule has 1 fully saturated rings. The number of halogens is 2. The first-order valence-electron chi connectivity index (χ1n) is 7.37. The fraction of sp³-hybridized carbons (Fsp3) is 0.353. The predicted octanol–water partition coefficient (Wildman–Crippen LogP) is 2.69. The van der Waals surface area contributed by atoms with Gasteiger partial charge in [0.1, 0.15) is 23.0 Å². The van der Waals surface area contributed by atoms with Gasteiger partial charge in [-0.05, 0) is 31.5 Å². The Balaban J connectivity index is 1.60. The van der Waals surface area contributed by atoms with Crippen molar-refractivity contribution in [2.24, 2.45) is 5.92 Å². The van der Waals surface area contributed by atoms with Crippen LogP contribution in [0.4, 0.5) is 8.78 Å². The van der Waals surface area contributed by atoms with Crippen LogP contribution >= 0.6 is 0 Å². The van der Waals surface area contributed by atoms with Crippen molar-refractivity contribution in [3.63, 3.8) is 0 Å². The molecule has 6 heteroatoms. The largest absolute Gasteiger partial charge is 0.469 e. The molecule has 0 bridgehead atoms. The zero-order valence-corrected chi connectivity index (χ0v) is 12.6. The highest BCUT2D eigenvalue weighted by molar-refractivity contribution is 5.82. The summed E-state index contributed by atoms with van der Waals surface area (Å²) in [6.45, 7) is 1.22. The predicted molar refractivity (Wildman–Crippen MR) is 78.5 cm³/mol. The lowest BCUT2D eigenvalue weighted by molar-refractivity contribution is -0.123. The number of carbonyl (C=O) groups excluding carboxylic acids is 1. The number of carbonyl (C=O) groups is 1.